The van der Waals surface area contributed by atoms with Gasteiger partial charge in [0.2, 0.25) is 0 Å². The maximum atomic E-state index is 14.1. The number of nitrogens with one attached hydrogen (secondary N) is 1. The standard InChI is InChI=1S/C43H44ClN3O13/c1-21-39(52)46-34-26(17-25(54-6)18-30(34)56-21)40(53)57-31-20-55-33(49)19-28(45)23-15-27(44)37(29(48)16-23)58-32-11-7-9-22(31)12-13-24-10-8-14-43(24,32)60-41-36(51)35(50)38(47(4)5)42(2,3)59-41/h8,10,14-18,22,28,31-32,35-36,38,41,48,50-51H,1,9,19-20,45H2,2-6H3,(H,46,52)/t22?,28-,31?,32+,35-,36+,38-,41-,43?/m0/s1. The number of carbonyl (C=O) groups is 3. The lowest BCUT2D eigenvalue weighted by Crippen LogP contribution is -2.68. The van der Waals surface area contributed by atoms with Gasteiger partial charge in [-0.25, -0.2) is 4.79 Å². The molecule has 6 N–H and O–H groups in total. The molecule has 0 radical (unpaired) electrons. The summed E-state index contributed by atoms with van der Waals surface area (Å²) in [6.07, 6.45) is -2.57. The summed E-state index contributed by atoms with van der Waals surface area (Å²) in [4.78, 5) is 41.7. The average Bonchev–Trinajstić information content (AvgIpc) is 3.60. The van der Waals surface area contributed by atoms with Crippen LogP contribution in [0.3, 0.4) is 0 Å². The van der Waals surface area contributed by atoms with E-state index in [2.05, 4.69) is 35.6 Å². The van der Waals surface area contributed by atoms with Crippen LogP contribution >= 0.6 is 11.6 Å². The molecule has 8 rings (SSSR count). The number of phenolic OH excluding ortho intramolecular Hbond substituents is 1. The Kier molecular flexibility index (Phi) is 11.7. The summed E-state index contributed by atoms with van der Waals surface area (Å²) in [6, 6.07) is 3.91. The zero-order valence-electron chi connectivity index (χ0n) is 33.3. The van der Waals surface area contributed by atoms with Gasteiger partial charge in [-0.15, -0.1) is 0 Å². The molecule has 1 saturated heterocycles. The molecular weight excluding hydrogens is 802 g/mol. The van der Waals surface area contributed by atoms with Gasteiger partial charge in [0, 0.05) is 24.1 Å². The summed E-state index contributed by atoms with van der Waals surface area (Å²) in [5.41, 5.74) is 3.96. The van der Waals surface area contributed by atoms with Crippen molar-refractivity contribution in [2.24, 2.45) is 11.7 Å². The van der Waals surface area contributed by atoms with Crippen LogP contribution in [0.4, 0.5) is 5.69 Å². The van der Waals surface area contributed by atoms with Gasteiger partial charge in [0.1, 0.15) is 24.6 Å². The van der Waals surface area contributed by atoms with E-state index in [0.717, 1.165) is 0 Å². The molecule has 9 atom stereocenters. The van der Waals surface area contributed by atoms with E-state index in [1.165, 1.54) is 31.4 Å². The van der Waals surface area contributed by atoms with Crippen LogP contribution in [-0.2, 0) is 28.5 Å². The number of phenols is 1. The van der Waals surface area contributed by atoms with Crippen LogP contribution in [0.15, 0.2) is 60.4 Å². The minimum absolute atomic E-state index is 0.00347. The van der Waals surface area contributed by atoms with E-state index in [1.54, 1.807) is 51.1 Å². The van der Waals surface area contributed by atoms with E-state index in [4.69, 9.17) is 50.5 Å². The summed E-state index contributed by atoms with van der Waals surface area (Å²) >= 11 is 6.71. The number of nitrogens with zero attached hydrogens (tertiary/aromatic N) is 1. The van der Waals surface area contributed by atoms with Gasteiger partial charge in [-0.3, -0.25) is 9.59 Å². The van der Waals surface area contributed by atoms with Crippen LogP contribution < -0.4 is 25.3 Å². The number of benzene rings is 2. The van der Waals surface area contributed by atoms with Gasteiger partial charge < -0.3 is 64.4 Å². The number of hydrogen-bond donors (Lipinski definition) is 5. The van der Waals surface area contributed by atoms with Crippen LogP contribution in [0.2, 0.25) is 5.02 Å². The number of ether oxygens (including phenoxy) is 7. The number of methoxy groups -OCH3 is 1. The van der Waals surface area contributed by atoms with Crippen molar-refractivity contribution in [2.45, 2.75) is 80.7 Å². The largest absolute Gasteiger partial charge is 0.504 e. The van der Waals surface area contributed by atoms with Gasteiger partial charge in [-0.1, -0.05) is 47.9 Å². The lowest BCUT2D eigenvalue weighted by molar-refractivity contribution is -0.329. The topological polar surface area (TPSA) is 218 Å². The number of aliphatic hydroxyl groups is 2. The molecular formula is C43H44ClN3O13. The second-order valence-corrected chi connectivity index (χ2v) is 16.0. The van der Waals surface area contributed by atoms with Crippen LogP contribution in [-0.4, -0.2) is 114 Å². The van der Waals surface area contributed by atoms with Gasteiger partial charge in [-0.05, 0) is 63.9 Å². The fraction of sp³-hybridized carbons (Fsp3) is 0.419. The van der Waals surface area contributed by atoms with E-state index in [1.807, 2.05) is 0 Å². The molecule has 316 valence electrons. The maximum absolute atomic E-state index is 14.1. The first-order valence-corrected chi connectivity index (χ1v) is 19.3. The SMILES string of the molecule is C=C1Oc2cc(OC)cc(C(=O)OC3COC(=O)C[C@H](N)c4cc(O)c(c(Cl)c4)O[C@@H]4C#CCC3C#CC3=CC=CC34O[C@@H]3OC(C)(C)[C@@H](N(C)C)[C@@H](O)[C@H]3O)c2NC1=O. The molecule has 60 heavy (non-hydrogen) atoms. The van der Waals surface area contributed by atoms with Crippen molar-refractivity contribution in [3.63, 3.8) is 0 Å². The average molecular weight is 846 g/mol. The molecule has 2 aromatic rings. The predicted molar refractivity (Wildman–Crippen MR) is 214 cm³/mol. The number of likely N-dealkylation sites (N-methyl/N-ethyl adjacent to an activating group) is 1. The van der Waals surface area contributed by atoms with Crippen LogP contribution in [0.25, 0.3) is 0 Å². The van der Waals surface area contributed by atoms with Crippen molar-refractivity contribution >= 4 is 35.1 Å². The van der Waals surface area contributed by atoms with Gasteiger partial charge >= 0.3 is 11.9 Å². The number of aromatic hydroxyl groups is 1. The fourth-order valence-corrected chi connectivity index (χ4v) is 8.10. The lowest BCUT2D eigenvalue weighted by atomic mass is 9.85. The highest BCUT2D eigenvalue weighted by molar-refractivity contribution is 6.32. The Morgan fingerprint density at radius 3 is 2.62 bits per heavy atom. The molecule has 0 spiro atoms. The molecule has 4 aliphatic heterocycles. The summed E-state index contributed by atoms with van der Waals surface area (Å²) in [7, 11) is 4.89. The normalized spacial score (nSPS) is 30.4. The van der Waals surface area contributed by atoms with Crippen molar-refractivity contribution < 1.29 is 62.9 Å². The Balaban J connectivity index is 1.32. The zero-order chi connectivity index (χ0) is 43.3. The van der Waals surface area contributed by atoms with Gasteiger partial charge in [0.25, 0.3) is 5.91 Å². The number of esters is 2. The number of rotatable bonds is 6. The molecule has 6 aliphatic rings. The second kappa shape index (κ2) is 16.5. The number of hydrogen-bond acceptors (Lipinski definition) is 15. The number of aliphatic hydroxyl groups excluding tert-OH is 2. The smallest absolute Gasteiger partial charge is 0.340 e. The van der Waals surface area contributed by atoms with Gasteiger partial charge in [-0.2, -0.15) is 0 Å². The van der Waals surface area contributed by atoms with Crippen LogP contribution in [0.5, 0.6) is 23.0 Å². The number of halogens is 1. The maximum Gasteiger partial charge on any atom is 0.340 e. The van der Waals surface area contributed by atoms with E-state index >= 15 is 0 Å². The molecule has 3 unspecified atom stereocenters. The third kappa shape index (κ3) is 8.03. The molecule has 0 aromatic heterocycles. The van der Waals surface area contributed by atoms with E-state index < -0.39 is 90.1 Å². The molecule has 17 heteroatoms. The molecule has 4 bridgehead atoms. The van der Waals surface area contributed by atoms with Crippen molar-refractivity contribution in [2.75, 3.05) is 33.1 Å². The monoisotopic (exact) mass is 845 g/mol. The number of allylic oxidation sites excluding steroid dienone is 2. The first-order chi connectivity index (χ1) is 28.4. The van der Waals surface area contributed by atoms with E-state index in [0.29, 0.717) is 0 Å². The zero-order valence-corrected chi connectivity index (χ0v) is 34.1. The Morgan fingerprint density at radius 1 is 1.13 bits per heavy atom. The molecule has 16 nitrogen and oxygen atoms in total. The van der Waals surface area contributed by atoms with Crippen molar-refractivity contribution in [3.05, 3.63) is 76.6 Å². The molecule has 1 amide bonds. The molecule has 2 aromatic carbocycles. The number of anilines is 1. The predicted octanol–water partition coefficient (Wildman–Crippen LogP) is 2.88. The quantitative estimate of drug-likeness (QED) is 0.161. The summed E-state index contributed by atoms with van der Waals surface area (Å²) < 4.78 is 42.1. The lowest BCUT2D eigenvalue weighted by Gasteiger charge is -2.51. The Bertz CT molecular complexity index is 2300. The molecule has 0 saturated carbocycles. The Hall–Kier alpha value is -5.56. The fourth-order valence-electron chi connectivity index (χ4n) is 7.84. The van der Waals surface area contributed by atoms with Crippen LogP contribution in [0, 0.1) is 29.6 Å². The number of amides is 1. The van der Waals surface area contributed by atoms with Crippen LogP contribution in [0.1, 0.15) is 48.7 Å². The third-order valence-electron chi connectivity index (χ3n) is 10.8. The highest BCUT2D eigenvalue weighted by atomic mass is 35.5. The highest BCUT2D eigenvalue weighted by Gasteiger charge is 2.55. The summed E-state index contributed by atoms with van der Waals surface area (Å²) in [5, 5.41) is 36.7. The molecule has 4 heterocycles. The number of carbonyl (C=O) groups excluding carboxylic acids is 3. The number of fused-ring (bicyclic) bond motifs is 9. The van der Waals surface area contributed by atoms with Crippen molar-refractivity contribution in [1.29, 1.82) is 0 Å². The van der Waals surface area contributed by atoms with E-state index in [9.17, 15) is 29.7 Å². The molecule has 2 aliphatic carbocycles. The van der Waals surface area contributed by atoms with E-state index in [-0.39, 0.29) is 63.3 Å². The number of nitrogens with two attached hydrogens (primary N) is 1. The third-order valence-corrected chi connectivity index (χ3v) is 11.1. The summed E-state index contributed by atoms with van der Waals surface area (Å²) in [5.74, 6) is 8.48. The Labute approximate surface area is 350 Å². The first-order valence-electron chi connectivity index (χ1n) is 18.9. The minimum Gasteiger partial charge on any atom is -0.504 e. The minimum atomic E-state index is -1.76. The van der Waals surface area contributed by atoms with Gasteiger partial charge in [0.15, 0.2) is 47.1 Å². The second-order valence-electron chi connectivity index (χ2n) is 15.5. The first kappa shape index (κ1) is 42.6. The Morgan fingerprint density at radius 2 is 1.90 bits per heavy atom. The molecule has 1 fully saturated rings. The van der Waals surface area contributed by atoms with Crippen molar-refractivity contribution in [1.82, 2.24) is 4.90 Å². The summed E-state index contributed by atoms with van der Waals surface area (Å²) in [6.45, 7) is 6.60. The highest BCUT2D eigenvalue weighted by Crippen LogP contribution is 2.45. The van der Waals surface area contributed by atoms with Gasteiger partial charge in [0.05, 0.1) is 47.4 Å². The van der Waals surface area contributed by atoms with Crippen molar-refractivity contribution in [3.8, 4) is 46.7 Å².